The predicted octanol–water partition coefficient (Wildman–Crippen LogP) is 6.67. The van der Waals surface area contributed by atoms with Crippen molar-refractivity contribution in [2.24, 2.45) is 0 Å². The second-order valence-corrected chi connectivity index (χ2v) is 11.6. The summed E-state index contributed by atoms with van der Waals surface area (Å²) in [7, 11) is 1.58. The SMILES string of the molecule is CCCCCOc1ccc(C2/C(=C(/O)c3ccc4c(c3)OCCO4)C(=O)C(=O)N2c2nc3ccc(OC)cc3s2)cc1OCC. The summed E-state index contributed by atoms with van der Waals surface area (Å²) < 4.78 is 29.5. The molecule has 2 aliphatic rings. The van der Waals surface area contributed by atoms with Crippen LogP contribution in [0.25, 0.3) is 16.0 Å². The highest BCUT2D eigenvalue weighted by atomic mass is 32.1. The lowest BCUT2D eigenvalue weighted by molar-refractivity contribution is -0.132. The number of amides is 1. The Kier molecular flexibility index (Phi) is 8.79. The lowest BCUT2D eigenvalue weighted by Crippen LogP contribution is -2.29. The largest absolute Gasteiger partial charge is 0.507 e. The van der Waals surface area contributed by atoms with Crippen LogP contribution in [0.4, 0.5) is 5.13 Å². The average Bonchev–Trinajstić information content (AvgIpc) is 3.60. The van der Waals surface area contributed by atoms with E-state index in [-0.39, 0.29) is 11.3 Å². The second kappa shape index (κ2) is 13.1. The first-order valence-corrected chi connectivity index (χ1v) is 15.8. The molecule has 0 aliphatic carbocycles. The summed E-state index contributed by atoms with van der Waals surface area (Å²) in [5, 5.41) is 12.0. The quantitative estimate of drug-likeness (QED) is 0.0839. The van der Waals surface area contributed by atoms with Crippen LogP contribution in [0.3, 0.4) is 0 Å². The van der Waals surface area contributed by atoms with Gasteiger partial charge in [-0.2, -0.15) is 0 Å². The topological polar surface area (TPSA) is 117 Å². The Labute approximate surface area is 264 Å². The van der Waals surface area contributed by atoms with Crippen LogP contribution >= 0.6 is 11.3 Å². The van der Waals surface area contributed by atoms with Gasteiger partial charge in [-0.1, -0.05) is 37.2 Å². The van der Waals surface area contributed by atoms with Gasteiger partial charge >= 0.3 is 5.91 Å². The number of hydrogen-bond donors (Lipinski definition) is 1. The number of ether oxygens (including phenoxy) is 5. The Bertz CT molecular complexity index is 1780. The molecule has 0 radical (unpaired) electrons. The minimum absolute atomic E-state index is 0.0763. The van der Waals surface area contributed by atoms with Gasteiger partial charge in [0.15, 0.2) is 28.1 Å². The Morgan fingerprint density at radius 3 is 2.58 bits per heavy atom. The molecule has 234 valence electrons. The fourth-order valence-electron chi connectivity index (χ4n) is 5.43. The second-order valence-electron chi connectivity index (χ2n) is 10.6. The van der Waals surface area contributed by atoms with Gasteiger partial charge in [0.05, 0.1) is 42.2 Å². The average molecular weight is 631 g/mol. The lowest BCUT2D eigenvalue weighted by Gasteiger charge is -2.24. The van der Waals surface area contributed by atoms with Gasteiger partial charge in [0.25, 0.3) is 5.78 Å². The molecule has 45 heavy (non-hydrogen) atoms. The monoisotopic (exact) mass is 630 g/mol. The standard InChI is InChI=1S/C34H34N2O8S/c1-4-6-7-14-42-24-12-8-20(17-26(24)41-5-2)30-29(31(37)21-9-13-25-27(18-21)44-16-15-43-25)32(38)33(39)36(30)34-35-23-11-10-22(40-3)19-28(23)45-34/h8-13,17-19,30,37H,4-7,14-16H2,1-3H3/b31-29-. The number of aliphatic hydroxyl groups is 1. The molecule has 1 aromatic heterocycles. The van der Waals surface area contributed by atoms with Gasteiger partial charge in [-0.15, -0.1) is 0 Å². The van der Waals surface area contributed by atoms with Gasteiger partial charge in [-0.05, 0) is 67.4 Å². The van der Waals surface area contributed by atoms with Crippen molar-refractivity contribution in [3.05, 3.63) is 71.3 Å². The summed E-state index contributed by atoms with van der Waals surface area (Å²) in [6.07, 6.45) is 3.02. The number of Topliss-reactive ketones (excluding diaryl/α,β-unsaturated/α-hetero) is 1. The van der Waals surface area contributed by atoms with E-state index in [2.05, 4.69) is 6.92 Å². The van der Waals surface area contributed by atoms with E-state index < -0.39 is 17.7 Å². The molecule has 11 heteroatoms. The minimum atomic E-state index is -1.01. The molecule has 10 nitrogen and oxygen atoms in total. The zero-order valence-electron chi connectivity index (χ0n) is 25.3. The molecule has 0 spiro atoms. The molecule has 1 fully saturated rings. The van der Waals surface area contributed by atoms with E-state index in [1.165, 1.54) is 16.2 Å². The minimum Gasteiger partial charge on any atom is -0.507 e. The maximum Gasteiger partial charge on any atom is 0.301 e. The molecule has 3 aromatic carbocycles. The van der Waals surface area contributed by atoms with E-state index in [1.54, 1.807) is 55.6 Å². The number of aliphatic hydroxyl groups excluding tert-OH is 1. The van der Waals surface area contributed by atoms with Crippen LogP contribution in [0.15, 0.2) is 60.2 Å². The van der Waals surface area contributed by atoms with Gasteiger partial charge in [0.1, 0.15) is 24.7 Å². The van der Waals surface area contributed by atoms with Gasteiger partial charge < -0.3 is 28.8 Å². The van der Waals surface area contributed by atoms with E-state index in [0.29, 0.717) is 77.0 Å². The van der Waals surface area contributed by atoms with Crippen LogP contribution in [0, 0.1) is 0 Å². The lowest BCUT2D eigenvalue weighted by atomic mass is 9.95. The molecule has 0 saturated carbocycles. The van der Waals surface area contributed by atoms with Crippen LogP contribution in [-0.4, -0.2) is 55.3 Å². The number of methoxy groups -OCH3 is 1. The smallest absolute Gasteiger partial charge is 0.301 e. The van der Waals surface area contributed by atoms with Crippen LogP contribution in [0.5, 0.6) is 28.7 Å². The predicted molar refractivity (Wildman–Crippen MR) is 171 cm³/mol. The Hall–Kier alpha value is -4.77. The number of aromatic nitrogens is 1. The molecule has 6 rings (SSSR count). The first kappa shape index (κ1) is 30.3. The third kappa shape index (κ3) is 5.87. The van der Waals surface area contributed by atoms with E-state index >= 15 is 0 Å². The molecular weight excluding hydrogens is 596 g/mol. The molecule has 1 amide bonds. The van der Waals surface area contributed by atoms with Crippen molar-refractivity contribution < 1.29 is 38.4 Å². The Morgan fingerprint density at radius 1 is 0.978 bits per heavy atom. The molecule has 3 heterocycles. The van der Waals surface area contributed by atoms with Crippen molar-refractivity contribution in [1.29, 1.82) is 0 Å². The third-order valence-corrected chi connectivity index (χ3v) is 8.66. The summed E-state index contributed by atoms with van der Waals surface area (Å²) in [5.74, 6) is 0.697. The van der Waals surface area contributed by atoms with E-state index in [4.69, 9.17) is 28.7 Å². The van der Waals surface area contributed by atoms with Crippen LogP contribution in [0.1, 0.15) is 50.3 Å². The fourth-order valence-corrected chi connectivity index (χ4v) is 6.45. The van der Waals surface area contributed by atoms with Gasteiger partial charge in [-0.3, -0.25) is 14.5 Å². The highest BCUT2D eigenvalue weighted by Crippen LogP contribution is 2.47. The number of rotatable bonds is 11. The number of anilines is 1. The van der Waals surface area contributed by atoms with Gasteiger partial charge in [0, 0.05) is 5.56 Å². The van der Waals surface area contributed by atoms with Crippen LogP contribution in [-0.2, 0) is 9.59 Å². The Balaban J connectivity index is 1.49. The van der Waals surface area contributed by atoms with E-state index in [0.717, 1.165) is 24.0 Å². The molecule has 1 atom stereocenters. The zero-order chi connectivity index (χ0) is 31.5. The summed E-state index contributed by atoms with van der Waals surface area (Å²) in [6.45, 7) is 5.69. The van der Waals surface area contributed by atoms with Crippen molar-refractivity contribution in [2.75, 3.05) is 38.4 Å². The molecule has 0 bridgehead atoms. The van der Waals surface area contributed by atoms with Crippen molar-refractivity contribution in [1.82, 2.24) is 4.98 Å². The highest BCUT2D eigenvalue weighted by molar-refractivity contribution is 7.22. The van der Waals surface area contributed by atoms with Crippen LogP contribution in [0.2, 0.25) is 0 Å². The van der Waals surface area contributed by atoms with Crippen molar-refractivity contribution in [2.45, 2.75) is 39.2 Å². The van der Waals surface area contributed by atoms with E-state index in [1.807, 2.05) is 13.0 Å². The number of benzene rings is 3. The number of thiazole rings is 1. The van der Waals surface area contributed by atoms with Crippen molar-refractivity contribution in [3.63, 3.8) is 0 Å². The molecular formula is C34H34N2O8S. The third-order valence-electron chi connectivity index (χ3n) is 7.64. The zero-order valence-corrected chi connectivity index (χ0v) is 26.1. The molecule has 1 unspecified atom stereocenters. The molecule has 4 aromatic rings. The van der Waals surface area contributed by atoms with Crippen molar-refractivity contribution >= 4 is 44.1 Å². The maximum atomic E-state index is 13.8. The van der Waals surface area contributed by atoms with E-state index in [9.17, 15) is 14.7 Å². The number of fused-ring (bicyclic) bond motifs is 2. The van der Waals surface area contributed by atoms with Gasteiger partial charge in [-0.25, -0.2) is 4.98 Å². The highest BCUT2D eigenvalue weighted by Gasteiger charge is 2.48. The molecule has 1 N–H and O–H groups in total. The first-order valence-electron chi connectivity index (χ1n) is 15.0. The number of carbonyl (C=O) groups excluding carboxylic acids is 2. The number of nitrogens with zero attached hydrogens (tertiary/aromatic N) is 2. The maximum absolute atomic E-state index is 13.8. The van der Waals surface area contributed by atoms with Gasteiger partial charge in [0.2, 0.25) is 0 Å². The normalized spacial score (nSPS) is 17.1. The molecule has 1 saturated heterocycles. The molecule has 2 aliphatic heterocycles. The summed E-state index contributed by atoms with van der Waals surface area (Å²) >= 11 is 1.25. The number of ketones is 1. The van der Waals surface area contributed by atoms with Crippen molar-refractivity contribution in [3.8, 4) is 28.7 Å². The summed E-state index contributed by atoms with van der Waals surface area (Å²) in [4.78, 5) is 33.7. The fraction of sp³-hybridized carbons (Fsp3) is 0.324. The first-order chi connectivity index (χ1) is 21.9. The number of unbranched alkanes of at least 4 members (excludes halogenated alkanes) is 2. The summed E-state index contributed by atoms with van der Waals surface area (Å²) in [6, 6.07) is 14.6. The summed E-state index contributed by atoms with van der Waals surface area (Å²) in [5.41, 5.74) is 1.44. The number of carbonyl (C=O) groups is 2. The Morgan fingerprint density at radius 2 is 1.80 bits per heavy atom. The van der Waals surface area contributed by atoms with Crippen LogP contribution < -0.4 is 28.6 Å². The number of hydrogen-bond acceptors (Lipinski definition) is 10.